The number of carbonyl (C=O) groups excluding carboxylic acids is 1. The van der Waals surface area contributed by atoms with E-state index in [2.05, 4.69) is 4.98 Å². The SMILES string of the molecule is COc1ccc2c(C(=O)c3ccc(O)cc3)cn(Cc3ccc(O)c(OCC(=O)O)c3)c2n1. The molecule has 9 heteroatoms. The normalized spacial score (nSPS) is 10.8. The molecule has 2 aromatic carbocycles. The number of carbonyl (C=O) groups is 2. The third-order valence-electron chi connectivity index (χ3n) is 5.01. The van der Waals surface area contributed by atoms with Crippen molar-refractivity contribution in [3.8, 4) is 23.1 Å². The minimum absolute atomic E-state index is 0.0392. The molecular weight excluding hydrogens is 428 g/mol. The van der Waals surface area contributed by atoms with Crippen molar-refractivity contribution in [1.82, 2.24) is 9.55 Å². The van der Waals surface area contributed by atoms with Gasteiger partial charge in [0.05, 0.1) is 7.11 Å². The van der Waals surface area contributed by atoms with Gasteiger partial charge in [0.15, 0.2) is 23.9 Å². The maximum Gasteiger partial charge on any atom is 0.341 e. The molecule has 0 spiro atoms. The van der Waals surface area contributed by atoms with Crippen LogP contribution in [0.1, 0.15) is 21.5 Å². The first kappa shape index (κ1) is 21.7. The summed E-state index contributed by atoms with van der Waals surface area (Å²) in [6.45, 7) is -0.323. The molecule has 2 aromatic heterocycles. The van der Waals surface area contributed by atoms with Gasteiger partial charge in [-0.15, -0.1) is 0 Å². The molecule has 168 valence electrons. The highest BCUT2D eigenvalue weighted by atomic mass is 16.5. The smallest absolute Gasteiger partial charge is 0.341 e. The summed E-state index contributed by atoms with van der Waals surface area (Å²) in [6.07, 6.45) is 1.68. The number of methoxy groups -OCH3 is 1. The quantitative estimate of drug-likeness (QED) is 0.350. The van der Waals surface area contributed by atoms with Gasteiger partial charge in [0.25, 0.3) is 0 Å². The van der Waals surface area contributed by atoms with E-state index in [1.165, 1.54) is 31.4 Å². The van der Waals surface area contributed by atoms with Gasteiger partial charge < -0.3 is 29.4 Å². The Bertz CT molecular complexity index is 1340. The van der Waals surface area contributed by atoms with Gasteiger partial charge in [0.2, 0.25) is 5.88 Å². The van der Waals surface area contributed by atoms with E-state index in [0.29, 0.717) is 33.6 Å². The van der Waals surface area contributed by atoms with E-state index in [9.17, 15) is 19.8 Å². The van der Waals surface area contributed by atoms with E-state index in [-0.39, 0.29) is 29.6 Å². The number of phenolic OH excluding ortho intramolecular Hbond substituents is 2. The van der Waals surface area contributed by atoms with Crippen LogP contribution in [0.2, 0.25) is 0 Å². The summed E-state index contributed by atoms with van der Waals surface area (Å²) >= 11 is 0. The highest BCUT2D eigenvalue weighted by Crippen LogP contribution is 2.30. The second-order valence-corrected chi connectivity index (χ2v) is 7.26. The summed E-state index contributed by atoms with van der Waals surface area (Å²) in [5, 5.41) is 28.9. The van der Waals surface area contributed by atoms with Crippen LogP contribution in [0.5, 0.6) is 23.1 Å². The summed E-state index contributed by atoms with van der Waals surface area (Å²) < 4.78 is 12.1. The number of ketones is 1. The molecule has 3 N–H and O–H groups in total. The topological polar surface area (TPSA) is 131 Å². The molecule has 0 aliphatic heterocycles. The lowest BCUT2D eigenvalue weighted by atomic mass is 10.0. The average Bonchev–Trinajstić information content (AvgIpc) is 3.16. The van der Waals surface area contributed by atoms with Crippen molar-refractivity contribution < 1.29 is 34.4 Å². The zero-order chi connectivity index (χ0) is 23.5. The van der Waals surface area contributed by atoms with E-state index >= 15 is 0 Å². The van der Waals surface area contributed by atoms with Crippen molar-refractivity contribution in [2.24, 2.45) is 0 Å². The molecule has 2 heterocycles. The number of ether oxygens (including phenoxy) is 2. The molecular formula is C24H20N2O7. The Kier molecular flexibility index (Phi) is 5.86. The maximum absolute atomic E-state index is 13.2. The Morgan fingerprint density at radius 2 is 1.79 bits per heavy atom. The lowest BCUT2D eigenvalue weighted by molar-refractivity contribution is -0.139. The standard InChI is InChI=1S/C24H20N2O7/c1-32-21-9-7-17-18(23(31)15-3-5-16(27)6-4-15)12-26(24(17)25-21)11-14-2-8-19(28)20(10-14)33-13-22(29)30/h2-10,12,27-28H,11,13H2,1H3,(H,29,30). The maximum atomic E-state index is 13.2. The Hall–Kier alpha value is -4.53. The third-order valence-corrected chi connectivity index (χ3v) is 5.01. The van der Waals surface area contributed by atoms with Gasteiger partial charge in [-0.1, -0.05) is 6.07 Å². The fraction of sp³-hybridized carbons (Fsp3) is 0.125. The third kappa shape index (κ3) is 4.57. The van der Waals surface area contributed by atoms with Crippen LogP contribution in [0, 0.1) is 0 Å². The first-order chi connectivity index (χ1) is 15.9. The predicted octanol–water partition coefficient (Wildman–Crippen LogP) is 3.20. The zero-order valence-electron chi connectivity index (χ0n) is 17.6. The van der Waals surface area contributed by atoms with Crippen LogP contribution >= 0.6 is 0 Å². The number of carboxylic acids is 1. The van der Waals surface area contributed by atoms with E-state index in [4.69, 9.17) is 14.6 Å². The number of rotatable bonds is 8. The predicted molar refractivity (Wildman–Crippen MR) is 118 cm³/mol. The van der Waals surface area contributed by atoms with Gasteiger partial charge in [0.1, 0.15) is 11.4 Å². The largest absolute Gasteiger partial charge is 0.508 e. The van der Waals surface area contributed by atoms with Crippen molar-refractivity contribution >= 4 is 22.8 Å². The van der Waals surface area contributed by atoms with Crippen molar-refractivity contribution in [3.05, 3.63) is 77.5 Å². The summed E-state index contributed by atoms with van der Waals surface area (Å²) in [4.78, 5) is 28.5. The summed E-state index contributed by atoms with van der Waals surface area (Å²) in [6, 6.07) is 14.0. The highest BCUT2D eigenvalue weighted by Gasteiger charge is 2.19. The number of hydrogen-bond acceptors (Lipinski definition) is 7. The average molecular weight is 448 g/mol. The highest BCUT2D eigenvalue weighted by molar-refractivity contribution is 6.16. The number of hydrogen-bond donors (Lipinski definition) is 3. The minimum atomic E-state index is -1.16. The number of phenols is 2. The number of aromatic hydroxyl groups is 2. The number of pyridine rings is 1. The molecule has 0 atom stereocenters. The lowest BCUT2D eigenvalue weighted by Crippen LogP contribution is -2.10. The molecule has 4 aromatic rings. The van der Waals surface area contributed by atoms with Crippen LogP contribution in [-0.2, 0) is 11.3 Å². The molecule has 9 nitrogen and oxygen atoms in total. The molecule has 33 heavy (non-hydrogen) atoms. The molecule has 0 amide bonds. The molecule has 0 radical (unpaired) electrons. The number of benzene rings is 2. The first-order valence-corrected chi connectivity index (χ1v) is 9.90. The second kappa shape index (κ2) is 8.91. The van der Waals surface area contributed by atoms with Crippen molar-refractivity contribution in [3.63, 3.8) is 0 Å². The van der Waals surface area contributed by atoms with Gasteiger partial charge in [-0.05, 0) is 48.0 Å². The van der Waals surface area contributed by atoms with Crippen molar-refractivity contribution in [1.29, 1.82) is 0 Å². The molecule has 0 unspecified atom stereocenters. The minimum Gasteiger partial charge on any atom is -0.508 e. The fourth-order valence-corrected chi connectivity index (χ4v) is 3.44. The number of carboxylic acid groups (broad SMARTS) is 1. The van der Waals surface area contributed by atoms with Crippen LogP contribution in [0.3, 0.4) is 0 Å². The summed E-state index contributed by atoms with van der Waals surface area (Å²) in [5.74, 6) is -1.10. The number of nitrogens with zero attached hydrogens (tertiary/aromatic N) is 2. The number of fused-ring (bicyclic) bond motifs is 1. The van der Waals surface area contributed by atoms with E-state index in [1.54, 1.807) is 41.1 Å². The molecule has 0 fully saturated rings. The van der Waals surface area contributed by atoms with Crippen LogP contribution in [0.25, 0.3) is 11.0 Å². The summed E-state index contributed by atoms with van der Waals surface area (Å²) in [5.41, 5.74) is 2.04. The van der Waals surface area contributed by atoms with E-state index < -0.39 is 12.6 Å². The fourth-order valence-electron chi connectivity index (χ4n) is 3.44. The molecule has 0 saturated heterocycles. The zero-order valence-corrected chi connectivity index (χ0v) is 17.6. The van der Waals surface area contributed by atoms with E-state index in [1.807, 2.05) is 0 Å². The summed E-state index contributed by atoms with van der Waals surface area (Å²) in [7, 11) is 1.50. The first-order valence-electron chi connectivity index (χ1n) is 9.90. The van der Waals surface area contributed by atoms with Gasteiger partial charge in [0, 0.05) is 35.3 Å². The second-order valence-electron chi connectivity index (χ2n) is 7.26. The van der Waals surface area contributed by atoms with Crippen LogP contribution in [0.4, 0.5) is 0 Å². The van der Waals surface area contributed by atoms with Crippen molar-refractivity contribution in [2.45, 2.75) is 6.54 Å². The van der Waals surface area contributed by atoms with Crippen LogP contribution in [0.15, 0.2) is 60.8 Å². The van der Waals surface area contributed by atoms with Crippen LogP contribution < -0.4 is 9.47 Å². The lowest BCUT2D eigenvalue weighted by Gasteiger charge is -2.10. The Morgan fingerprint density at radius 1 is 1.03 bits per heavy atom. The monoisotopic (exact) mass is 448 g/mol. The molecule has 0 saturated carbocycles. The molecule has 0 aliphatic carbocycles. The molecule has 4 rings (SSSR count). The number of aromatic nitrogens is 2. The molecule has 0 aliphatic rings. The van der Waals surface area contributed by atoms with Crippen LogP contribution in [-0.4, -0.2) is 50.3 Å². The number of aliphatic carboxylic acids is 1. The van der Waals surface area contributed by atoms with Gasteiger partial charge in [-0.25, -0.2) is 4.79 Å². The van der Waals surface area contributed by atoms with Gasteiger partial charge in [-0.2, -0.15) is 4.98 Å². The van der Waals surface area contributed by atoms with E-state index in [0.717, 1.165) is 0 Å². The van der Waals surface area contributed by atoms with Crippen molar-refractivity contribution in [2.75, 3.05) is 13.7 Å². The van der Waals surface area contributed by atoms with Gasteiger partial charge >= 0.3 is 5.97 Å². The Balaban J connectivity index is 1.75. The Morgan fingerprint density at radius 3 is 2.48 bits per heavy atom. The van der Waals surface area contributed by atoms with Gasteiger partial charge in [-0.3, -0.25) is 4.79 Å². The Labute approximate surface area is 188 Å². The molecule has 0 bridgehead atoms.